The van der Waals surface area contributed by atoms with Gasteiger partial charge in [-0.25, -0.2) is 4.79 Å². The highest BCUT2D eigenvalue weighted by Crippen LogP contribution is 2.26. The SMILES string of the molecule is Nc1ccc(C(=O)O)cc1NC1CCCC1. The summed E-state index contributed by atoms with van der Waals surface area (Å²) in [6.45, 7) is 0. The van der Waals surface area contributed by atoms with E-state index in [2.05, 4.69) is 5.32 Å². The lowest BCUT2D eigenvalue weighted by Crippen LogP contribution is -2.16. The number of carboxylic acids is 1. The van der Waals surface area contributed by atoms with E-state index in [-0.39, 0.29) is 5.56 Å². The van der Waals surface area contributed by atoms with Gasteiger partial charge in [0, 0.05) is 6.04 Å². The first kappa shape index (κ1) is 10.8. The standard InChI is InChI=1S/C12H16N2O2/c13-10-6-5-8(12(15)16)7-11(10)14-9-3-1-2-4-9/h5-7,9,14H,1-4,13H2,(H,15,16). The molecule has 0 aliphatic heterocycles. The van der Waals surface area contributed by atoms with E-state index in [0.29, 0.717) is 11.7 Å². The molecular weight excluding hydrogens is 204 g/mol. The van der Waals surface area contributed by atoms with Crippen LogP contribution in [-0.4, -0.2) is 17.1 Å². The molecule has 1 aliphatic carbocycles. The minimum absolute atomic E-state index is 0.273. The van der Waals surface area contributed by atoms with Gasteiger partial charge in [-0.1, -0.05) is 12.8 Å². The Kier molecular flexibility index (Phi) is 2.99. The Balaban J connectivity index is 2.17. The van der Waals surface area contributed by atoms with E-state index in [1.807, 2.05) is 0 Å². The van der Waals surface area contributed by atoms with Crippen molar-refractivity contribution in [2.45, 2.75) is 31.7 Å². The summed E-state index contributed by atoms with van der Waals surface area (Å²) in [6.07, 6.45) is 4.74. The zero-order valence-corrected chi connectivity index (χ0v) is 9.07. The lowest BCUT2D eigenvalue weighted by atomic mass is 10.1. The first-order valence-corrected chi connectivity index (χ1v) is 5.56. The van der Waals surface area contributed by atoms with Crippen LogP contribution in [0.4, 0.5) is 11.4 Å². The lowest BCUT2D eigenvalue weighted by molar-refractivity contribution is 0.0697. The number of hydrogen-bond acceptors (Lipinski definition) is 3. The molecule has 0 spiro atoms. The molecule has 1 aliphatic rings. The summed E-state index contributed by atoms with van der Waals surface area (Å²) < 4.78 is 0. The van der Waals surface area contributed by atoms with Crippen molar-refractivity contribution in [2.24, 2.45) is 0 Å². The fourth-order valence-corrected chi connectivity index (χ4v) is 2.10. The van der Waals surface area contributed by atoms with E-state index < -0.39 is 5.97 Å². The summed E-state index contributed by atoms with van der Waals surface area (Å²) in [5.41, 5.74) is 7.44. The van der Waals surface area contributed by atoms with Crippen molar-refractivity contribution in [1.82, 2.24) is 0 Å². The normalized spacial score (nSPS) is 16.2. The van der Waals surface area contributed by atoms with Crippen LogP contribution in [0.3, 0.4) is 0 Å². The first-order chi connectivity index (χ1) is 7.66. The van der Waals surface area contributed by atoms with Crippen molar-refractivity contribution >= 4 is 17.3 Å². The number of rotatable bonds is 3. The van der Waals surface area contributed by atoms with E-state index in [0.717, 1.165) is 18.5 Å². The third-order valence-corrected chi connectivity index (χ3v) is 3.02. The van der Waals surface area contributed by atoms with Gasteiger partial charge in [0.2, 0.25) is 0 Å². The molecule has 0 radical (unpaired) electrons. The summed E-state index contributed by atoms with van der Waals surface area (Å²) in [4.78, 5) is 10.8. The molecule has 0 bridgehead atoms. The second-order valence-electron chi connectivity index (χ2n) is 4.23. The van der Waals surface area contributed by atoms with Crippen LogP contribution in [-0.2, 0) is 0 Å². The van der Waals surface area contributed by atoms with Crippen molar-refractivity contribution in [3.05, 3.63) is 23.8 Å². The smallest absolute Gasteiger partial charge is 0.335 e. The molecule has 1 aromatic rings. The van der Waals surface area contributed by atoms with Crippen LogP contribution in [0, 0.1) is 0 Å². The monoisotopic (exact) mass is 220 g/mol. The van der Waals surface area contributed by atoms with Crippen molar-refractivity contribution in [1.29, 1.82) is 0 Å². The van der Waals surface area contributed by atoms with Gasteiger partial charge in [-0.2, -0.15) is 0 Å². The summed E-state index contributed by atoms with van der Waals surface area (Å²) in [7, 11) is 0. The van der Waals surface area contributed by atoms with Gasteiger partial charge in [0.05, 0.1) is 16.9 Å². The number of hydrogen-bond donors (Lipinski definition) is 3. The molecule has 4 N–H and O–H groups in total. The zero-order valence-electron chi connectivity index (χ0n) is 9.07. The minimum atomic E-state index is -0.922. The molecule has 0 atom stereocenters. The molecule has 0 unspecified atom stereocenters. The van der Waals surface area contributed by atoms with Crippen LogP contribution in [0.2, 0.25) is 0 Å². The fraction of sp³-hybridized carbons (Fsp3) is 0.417. The van der Waals surface area contributed by atoms with Crippen molar-refractivity contribution < 1.29 is 9.90 Å². The van der Waals surface area contributed by atoms with Crippen molar-refractivity contribution in [3.63, 3.8) is 0 Å². The Morgan fingerprint density at radius 3 is 2.69 bits per heavy atom. The first-order valence-electron chi connectivity index (χ1n) is 5.56. The highest BCUT2D eigenvalue weighted by atomic mass is 16.4. The van der Waals surface area contributed by atoms with Crippen molar-refractivity contribution in [2.75, 3.05) is 11.1 Å². The van der Waals surface area contributed by atoms with Gasteiger partial charge < -0.3 is 16.2 Å². The van der Waals surface area contributed by atoms with Gasteiger partial charge >= 0.3 is 5.97 Å². The second kappa shape index (κ2) is 4.43. The quantitative estimate of drug-likeness (QED) is 0.683. The molecule has 0 heterocycles. The second-order valence-corrected chi connectivity index (χ2v) is 4.23. The van der Waals surface area contributed by atoms with E-state index in [4.69, 9.17) is 10.8 Å². The number of carbonyl (C=O) groups is 1. The van der Waals surface area contributed by atoms with Gasteiger partial charge in [0.15, 0.2) is 0 Å². The number of nitrogens with one attached hydrogen (secondary N) is 1. The van der Waals surface area contributed by atoms with Crippen LogP contribution in [0.25, 0.3) is 0 Å². The number of carboxylic acid groups (broad SMARTS) is 1. The maximum atomic E-state index is 10.8. The molecule has 1 saturated carbocycles. The van der Waals surface area contributed by atoms with Gasteiger partial charge in [-0.15, -0.1) is 0 Å². The number of benzene rings is 1. The lowest BCUT2D eigenvalue weighted by Gasteiger charge is -2.15. The molecule has 4 nitrogen and oxygen atoms in total. The predicted molar refractivity (Wildman–Crippen MR) is 63.7 cm³/mol. The molecule has 0 saturated heterocycles. The molecule has 16 heavy (non-hydrogen) atoms. The third kappa shape index (κ3) is 2.27. The summed E-state index contributed by atoms with van der Waals surface area (Å²) in [5, 5.41) is 12.2. The fourth-order valence-electron chi connectivity index (χ4n) is 2.10. The van der Waals surface area contributed by atoms with Crippen LogP contribution in [0.5, 0.6) is 0 Å². The maximum Gasteiger partial charge on any atom is 0.335 e. The summed E-state index contributed by atoms with van der Waals surface area (Å²) in [5.74, 6) is -0.922. The van der Waals surface area contributed by atoms with Gasteiger partial charge in [0.25, 0.3) is 0 Å². The topological polar surface area (TPSA) is 75.4 Å². The average molecular weight is 220 g/mol. The Morgan fingerprint density at radius 2 is 2.06 bits per heavy atom. The number of nitrogens with two attached hydrogens (primary N) is 1. The summed E-state index contributed by atoms with van der Waals surface area (Å²) >= 11 is 0. The van der Waals surface area contributed by atoms with E-state index >= 15 is 0 Å². The molecule has 1 fully saturated rings. The van der Waals surface area contributed by atoms with Crippen LogP contribution < -0.4 is 11.1 Å². The van der Waals surface area contributed by atoms with Crippen molar-refractivity contribution in [3.8, 4) is 0 Å². The Hall–Kier alpha value is -1.71. The van der Waals surface area contributed by atoms with Gasteiger partial charge in [-0.05, 0) is 31.0 Å². The Bertz CT molecular complexity index is 398. The van der Waals surface area contributed by atoms with E-state index in [1.54, 1.807) is 12.1 Å². The van der Waals surface area contributed by atoms with E-state index in [9.17, 15) is 4.79 Å². The van der Waals surface area contributed by atoms with E-state index in [1.165, 1.54) is 18.9 Å². The van der Waals surface area contributed by atoms with Crippen LogP contribution in [0.1, 0.15) is 36.0 Å². The average Bonchev–Trinajstić information content (AvgIpc) is 2.73. The molecule has 1 aromatic carbocycles. The number of nitrogen functional groups attached to an aromatic ring is 1. The highest BCUT2D eigenvalue weighted by Gasteiger charge is 2.16. The third-order valence-electron chi connectivity index (χ3n) is 3.02. The highest BCUT2D eigenvalue weighted by molar-refractivity contribution is 5.90. The predicted octanol–water partition coefficient (Wildman–Crippen LogP) is 2.32. The summed E-state index contributed by atoms with van der Waals surface area (Å²) in [6, 6.07) is 5.21. The molecule has 4 heteroatoms. The zero-order chi connectivity index (χ0) is 11.5. The molecule has 0 aromatic heterocycles. The number of anilines is 2. The number of aromatic carboxylic acids is 1. The Labute approximate surface area is 94.5 Å². The Morgan fingerprint density at radius 1 is 1.38 bits per heavy atom. The molecule has 86 valence electrons. The molecular formula is C12H16N2O2. The van der Waals surface area contributed by atoms with Gasteiger partial charge in [-0.3, -0.25) is 0 Å². The van der Waals surface area contributed by atoms with Crippen LogP contribution in [0.15, 0.2) is 18.2 Å². The van der Waals surface area contributed by atoms with Crippen LogP contribution >= 0.6 is 0 Å². The minimum Gasteiger partial charge on any atom is -0.478 e. The largest absolute Gasteiger partial charge is 0.478 e. The molecule has 0 amide bonds. The van der Waals surface area contributed by atoms with Gasteiger partial charge in [0.1, 0.15) is 0 Å². The molecule has 2 rings (SSSR count). The maximum absolute atomic E-state index is 10.8.